The number of halogens is 2. The molecule has 5 heteroatoms. The highest BCUT2D eigenvalue weighted by atomic mass is 35.5. The summed E-state index contributed by atoms with van der Waals surface area (Å²) in [6.45, 7) is 4.00. The van der Waals surface area contributed by atoms with Crippen LogP contribution in [-0.2, 0) is 4.79 Å². The summed E-state index contributed by atoms with van der Waals surface area (Å²) in [5, 5.41) is 9.34. The van der Waals surface area contributed by atoms with Crippen molar-refractivity contribution in [2.45, 2.75) is 26.3 Å². The van der Waals surface area contributed by atoms with Gasteiger partial charge < -0.3 is 10.8 Å². The smallest absolute Gasteiger partial charge is 0.305 e. The van der Waals surface area contributed by atoms with Gasteiger partial charge in [0.05, 0.1) is 16.5 Å². The van der Waals surface area contributed by atoms with E-state index in [0.717, 1.165) is 0 Å². The summed E-state index contributed by atoms with van der Waals surface area (Å²) in [6.07, 6.45) is -0.127. The summed E-state index contributed by atoms with van der Waals surface area (Å²) in [5.41, 5.74) is 6.30. The Morgan fingerprint density at radius 3 is 2.38 bits per heavy atom. The second-order valence-corrected chi connectivity index (χ2v) is 3.69. The molecule has 0 aliphatic heterocycles. The molecule has 0 aromatic heterocycles. The minimum Gasteiger partial charge on any atom is -0.481 e. The molecular formula is C11H15Cl2NO2. The zero-order valence-corrected chi connectivity index (χ0v) is 10.7. The van der Waals surface area contributed by atoms with Crippen LogP contribution in [0.2, 0.25) is 10.0 Å². The van der Waals surface area contributed by atoms with Gasteiger partial charge in [0.2, 0.25) is 0 Å². The number of hydrogen-bond acceptors (Lipinski definition) is 2. The van der Waals surface area contributed by atoms with Gasteiger partial charge in [-0.25, -0.2) is 0 Å². The van der Waals surface area contributed by atoms with Crippen molar-refractivity contribution in [3.05, 3.63) is 33.8 Å². The molecular weight excluding hydrogens is 249 g/mol. The molecule has 0 amide bonds. The number of carbonyl (C=O) groups is 1. The highest BCUT2D eigenvalue weighted by Gasteiger charge is 2.11. The van der Waals surface area contributed by atoms with Crippen molar-refractivity contribution in [2.75, 3.05) is 0 Å². The number of hydrogen-bond donors (Lipinski definition) is 2. The molecule has 16 heavy (non-hydrogen) atoms. The first kappa shape index (κ1) is 15.2. The molecule has 0 radical (unpaired) electrons. The van der Waals surface area contributed by atoms with Crippen molar-refractivity contribution in [2.24, 2.45) is 5.73 Å². The topological polar surface area (TPSA) is 63.3 Å². The Bertz CT molecular complexity index is 356. The van der Waals surface area contributed by atoms with Crippen LogP contribution in [0.5, 0.6) is 0 Å². The van der Waals surface area contributed by atoms with Crippen LogP contribution in [0.1, 0.15) is 31.9 Å². The van der Waals surface area contributed by atoms with Crippen LogP contribution in [-0.4, -0.2) is 11.1 Å². The summed E-state index contributed by atoms with van der Waals surface area (Å²) < 4.78 is 0. The van der Waals surface area contributed by atoms with Gasteiger partial charge in [-0.15, -0.1) is 0 Å². The van der Waals surface area contributed by atoms with E-state index in [4.69, 9.17) is 34.0 Å². The lowest BCUT2D eigenvalue weighted by atomic mass is 10.1. The van der Waals surface area contributed by atoms with E-state index in [0.29, 0.717) is 15.6 Å². The Labute approximate surface area is 105 Å². The van der Waals surface area contributed by atoms with E-state index < -0.39 is 12.0 Å². The minimum atomic E-state index is -0.941. The van der Waals surface area contributed by atoms with Crippen LogP contribution in [0.25, 0.3) is 0 Å². The average Bonchev–Trinajstić information content (AvgIpc) is 2.24. The fourth-order valence-corrected chi connectivity index (χ4v) is 1.36. The fraction of sp³-hybridized carbons (Fsp3) is 0.364. The Morgan fingerprint density at radius 1 is 1.38 bits per heavy atom. The summed E-state index contributed by atoms with van der Waals surface area (Å²) in [4.78, 5) is 10.4. The number of carboxylic acid groups (broad SMARTS) is 1. The van der Waals surface area contributed by atoms with Crippen LogP contribution in [0.15, 0.2) is 18.2 Å². The number of nitrogens with two attached hydrogens (primary N) is 1. The molecule has 1 aromatic rings. The molecule has 0 aliphatic rings. The first-order valence-corrected chi connectivity index (χ1v) is 5.68. The molecule has 0 saturated heterocycles. The summed E-state index contributed by atoms with van der Waals surface area (Å²) >= 11 is 11.5. The average molecular weight is 264 g/mol. The number of rotatable bonds is 3. The predicted octanol–water partition coefficient (Wildman–Crippen LogP) is 3.49. The standard InChI is InChI=1S/C9H9Cl2NO2.C2H6/c10-6-2-1-5(3-7(6)11)8(12)4-9(13)14;1-2/h1-3,8H,4,12H2,(H,13,14);1-2H3. The molecule has 1 unspecified atom stereocenters. The molecule has 90 valence electrons. The van der Waals surface area contributed by atoms with Gasteiger partial charge in [0, 0.05) is 6.04 Å². The van der Waals surface area contributed by atoms with E-state index in [1.807, 2.05) is 13.8 Å². The van der Waals surface area contributed by atoms with E-state index in [-0.39, 0.29) is 6.42 Å². The predicted molar refractivity (Wildman–Crippen MR) is 67.0 cm³/mol. The monoisotopic (exact) mass is 263 g/mol. The Kier molecular flexibility index (Phi) is 7.13. The lowest BCUT2D eigenvalue weighted by Gasteiger charge is -2.09. The van der Waals surface area contributed by atoms with Crippen molar-refractivity contribution < 1.29 is 9.90 Å². The zero-order valence-electron chi connectivity index (χ0n) is 9.21. The van der Waals surface area contributed by atoms with Gasteiger partial charge in [-0.1, -0.05) is 43.1 Å². The molecule has 0 bridgehead atoms. The van der Waals surface area contributed by atoms with Crippen molar-refractivity contribution >= 4 is 29.2 Å². The van der Waals surface area contributed by atoms with Gasteiger partial charge in [0.1, 0.15) is 0 Å². The SMILES string of the molecule is CC.NC(CC(=O)O)c1ccc(Cl)c(Cl)c1. The molecule has 0 fully saturated rings. The quantitative estimate of drug-likeness (QED) is 0.878. The van der Waals surface area contributed by atoms with Gasteiger partial charge >= 0.3 is 5.97 Å². The van der Waals surface area contributed by atoms with Crippen LogP contribution in [0, 0.1) is 0 Å². The van der Waals surface area contributed by atoms with Crippen LogP contribution < -0.4 is 5.73 Å². The molecule has 3 N–H and O–H groups in total. The largest absolute Gasteiger partial charge is 0.481 e. The minimum absolute atomic E-state index is 0.127. The van der Waals surface area contributed by atoms with E-state index in [1.54, 1.807) is 18.2 Å². The third-order valence-corrected chi connectivity index (χ3v) is 2.51. The van der Waals surface area contributed by atoms with Gasteiger partial charge in [-0.3, -0.25) is 4.79 Å². The van der Waals surface area contributed by atoms with E-state index in [2.05, 4.69) is 0 Å². The third-order valence-electron chi connectivity index (χ3n) is 1.77. The molecule has 1 atom stereocenters. The third kappa shape index (κ3) is 4.84. The number of carboxylic acids is 1. The van der Waals surface area contributed by atoms with E-state index in [9.17, 15) is 4.79 Å². The Hall–Kier alpha value is -0.770. The van der Waals surface area contributed by atoms with Crippen molar-refractivity contribution in [3.8, 4) is 0 Å². The highest BCUT2D eigenvalue weighted by molar-refractivity contribution is 6.42. The Balaban J connectivity index is 0.00000106. The second kappa shape index (κ2) is 7.49. The molecule has 1 rings (SSSR count). The lowest BCUT2D eigenvalue weighted by Crippen LogP contribution is -2.14. The lowest BCUT2D eigenvalue weighted by molar-refractivity contribution is -0.137. The maximum absolute atomic E-state index is 10.4. The summed E-state index contributed by atoms with van der Waals surface area (Å²) in [7, 11) is 0. The van der Waals surface area contributed by atoms with Crippen LogP contribution >= 0.6 is 23.2 Å². The van der Waals surface area contributed by atoms with Crippen molar-refractivity contribution in [1.82, 2.24) is 0 Å². The zero-order chi connectivity index (χ0) is 12.7. The molecule has 0 spiro atoms. The maximum Gasteiger partial charge on any atom is 0.305 e. The van der Waals surface area contributed by atoms with Crippen LogP contribution in [0.4, 0.5) is 0 Å². The number of benzene rings is 1. The van der Waals surface area contributed by atoms with Gasteiger partial charge in [-0.2, -0.15) is 0 Å². The Morgan fingerprint density at radius 2 is 1.94 bits per heavy atom. The van der Waals surface area contributed by atoms with Crippen LogP contribution in [0.3, 0.4) is 0 Å². The normalized spacial score (nSPS) is 11.3. The molecule has 1 aromatic carbocycles. The van der Waals surface area contributed by atoms with Gasteiger partial charge in [-0.05, 0) is 17.7 Å². The second-order valence-electron chi connectivity index (χ2n) is 2.88. The molecule has 0 aliphatic carbocycles. The maximum atomic E-state index is 10.4. The van der Waals surface area contributed by atoms with E-state index >= 15 is 0 Å². The van der Waals surface area contributed by atoms with Gasteiger partial charge in [0.15, 0.2) is 0 Å². The molecule has 3 nitrogen and oxygen atoms in total. The summed E-state index contributed by atoms with van der Waals surface area (Å²) in [5.74, 6) is -0.941. The van der Waals surface area contributed by atoms with E-state index in [1.165, 1.54) is 0 Å². The molecule has 0 saturated carbocycles. The van der Waals surface area contributed by atoms with Gasteiger partial charge in [0.25, 0.3) is 0 Å². The summed E-state index contributed by atoms with van der Waals surface area (Å²) in [6, 6.07) is 4.29. The fourth-order valence-electron chi connectivity index (χ4n) is 1.05. The molecule has 0 heterocycles. The van der Waals surface area contributed by atoms with Crippen molar-refractivity contribution in [1.29, 1.82) is 0 Å². The number of aliphatic carboxylic acids is 1. The van der Waals surface area contributed by atoms with Crippen molar-refractivity contribution in [3.63, 3.8) is 0 Å². The highest BCUT2D eigenvalue weighted by Crippen LogP contribution is 2.25. The first-order valence-electron chi connectivity index (χ1n) is 4.93. The first-order chi connectivity index (χ1) is 7.50.